The van der Waals surface area contributed by atoms with E-state index < -0.39 is 5.60 Å². The summed E-state index contributed by atoms with van der Waals surface area (Å²) < 4.78 is 7.12. The SMILES string of the molecule is CN=C(NCCc1cnn(C)c1)N1CCC(NC(=O)OC(C)(C)C)C1. The molecule has 2 heterocycles. The van der Waals surface area contributed by atoms with Crippen molar-refractivity contribution in [2.24, 2.45) is 12.0 Å². The Balaban J connectivity index is 1.75. The highest BCUT2D eigenvalue weighted by atomic mass is 16.6. The Morgan fingerprint density at radius 2 is 2.24 bits per heavy atom. The van der Waals surface area contributed by atoms with Crippen LogP contribution in [-0.2, 0) is 18.2 Å². The number of aromatic nitrogens is 2. The van der Waals surface area contributed by atoms with Crippen molar-refractivity contribution in [1.29, 1.82) is 0 Å². The van der Waals surface area contributed by atoms with Crippen molar-refractivity contribution in [2.75, 3.05) is 26.7 Å². The maximum Gasteiger partial charge on any atom is 0.407 e. The van der Waals surface area contributed by atoms with E-state index in [4.69, 9.17) is 4.74 Å². The fraction of sp³-hybridized carbons (Fsp3) is 0.706. The first-order valence-corrected chi connectivity index (χ1v) is 8.69. The molecule has 1 amide bonds. The van der Waals surface area contributed by atoms with Gasteiger partial charge in [0.2, 0.25) is 0 Å². The lowest BCUT2D eigenvalue weighted by molar-refractivity contribution is 0.0507. The Kier molecular flexibility index (Phi) is 6.27. The maximum absolute atomic E-state index is 11.9. The fourth-order valence-electron chi connectivity index (χ4n) is 2.80. The zero-order valence-electron chi connectivity index (χ0n) is 15.9. The van der Waals surface area contributed by atoms with Crippen LogP contribution >= 0.6 is 0 Å². The minimum absolute atomic E-state index is 0.0757. The van der Waals surface area contributed by atoms with Crippen molar-refractivity contribution in [3.05, 3.63) is 18.0 Å². The van der Waals surface area contributed by atoms with E-state index in [0.717, 1.165) is 38.4 Å². The summed E-state index contributed by atoms with van der Waals surface area (Å²) in [5.41, 5.74) is 0.711. The van der Waals surface area contributed by atoms with Crippen molar-refractivity contribution >= 4 is 12.1 Å². The van der Waals surface area contributed by atoms with E-state index in [1.165, 1.54) is 5.56 Å². The number of guanidine groups is 1. The third-order valence-electron chi connectivity index (χ3n) is 3.88. The topological polar surface area (TPSA) is 83.8 Å². The summed E-state index contributed by atoms with van der Waals surface area (Å²) in [6.45, 7) is 7.96. The second-order valence-electron chi connectivity index (χ2n) is 7.32. The van der Waals surface area contributed by atoms with Gasteiger partial charge in [-0.2, -0.15) is 5.10 Å². The van der Waals surface area contributed by atoms with Gasteiger partial charge in [0.25, 0.3) is 0 Å². The average Bonchev–Trinajstić information content (AvgIpc) is 3.11. The molecule has 0 radical (unpaired) electrons. The summed E-state index contributed by atoms with van der Waals surface area (Å²) in [4.78, 5) is 18.4. The second-order valence-corrected chi connectivity index (χ2v) is 7.32. The quantitative estimate of drug-likeness (QED) is 0.628. The minimum atomic E-state index is -0.480. The molecular formula is C17H30N6O2. The Bertz CT molecular complexity index is 605. The lowest BCUT2D eigenvalue weighted by Gasteiger charge is -2.23. The van der Waals surface area contributed by atoms with Crippen molar-refractivity contribution in [1.82, 2.24) is 25.3 Å². The molecular weight excluding hydrogens is 320 g/mol. The van der Waals surface area contributed by atoms with Gasteiger partial charge in [-0.1, -0.05) is 0 Å². The highest BCUT2D eigenvalue weighted by Gasteiger charge is 2.27. The minimum Gasteiger partial charge on any atom is -0.444 e. The van der Waals surface area contributed by atoms with Crippen molar-refractivity contribution < 1.29 is 9.53 Å². The zero-order chi connectivity index (χ0) is 18.4. The summed E-state index contributed by atoms with van der Waals surface area (Å²) in [7, 11) is 3.69. The van der Waals surface area contributed by atoms with Gasteiger partial charge in [0.1, 0.15) is 5.60 Å². The number of carbonyl (C=O) groups excluding carboxylic acids is 1. The molecule has 0 spiro atoms. The van der Waals surface area contributed by atoms with Crippen LogP contribution in [0.2, 0.25) is 0 Å². The van der Waals surface area contributed by atoms with E-state index in [9.17, 15) is 4.79 Å². The van der Waals surface area contributed by atoms with E-state index in [1.54, 1.807) is 11.7 Å². The third kappa shape index (κ3) is 6.28. The number of rotatable bonds is 4. The van der Waals surface area contributed by atoms with E-state index >= 15 is 0 Å². The van der Waals surface area contributed by atoms with Crippen LogP contribution in [-0.4, -0.2) is 65.1 Å². The Labute approximate surface area is 149 Å². The van der Waals surface area contributed by atoms with Crippen molar-refractivity contribution in [2.45, 2.75) is 45.3 Å². The first kappa shape index (κ1) is 19.1. The number of amides is 1. The molecule has 0 aliphatic carbocycles. The van der Waals surface area contributed by atoms with Crippen LogP contribution in [0, 0.1) is 0 Å². The number of nitrogens with one attached hydrogen (secondary N) is 2. The van der Waals surface area contributed by atoms with Gasteiger partial charge < -0.3 is 20.3 Å². The van der Waals surface area contributed by atoms with Gasteiger partial charge >= 0.3 is 6.09 Å². The lowest BCUT2D eigenvalue weighted by Crippen LogP contribution is -2.44. The molecule has 1 unspecified atom stereocenters. The molecule has 0 aromatic carbocycles. The second kappa shape index (κ2) is 8.22. The summed E-state index contributed by atoms with van der Waals surface area (Å²) >= 11 is 0. The van der Waals surface area contributed by atoms with Crippen molar-refractivity contribution in [3.63, 3.8) is 0 Å². The fourth-order valence-corrected chi connectivity index (χ4v) is 2.80. The molecule has 140 valence electrons. The van der Waals surface area contributed by atoms with Crippen molar-refractivity contribution in [3.8, 4) is 0 Å². The largest absolute Gasteiger partial charge is 0.444 e. The molecule has 8 nitrogen and oxygen atoms in total. The van der Waals surface area contributed by atoms with Crippen LogP contribution in [0.1, 0.15) is 32.8 Å². The lowest BCUT2D eigenvalue weighted by atomic mass is 10.2. The highest BCUT2D eigenvalue weighted by molar-refractivity contribution is 5.80. The summed E-state index contributed by atoms with van der Waals surface area (Å²) in [6.07, 6.45) is 5.30. The van der Waals surface area contributed by atoms with E-state index in [-0.39, 0.29) is 12.1 Å². The number of ether oxygens (including phenoxy) is 1. The van der Waals surface area contributed by atoms with Crippen LogP contribution in [0.5, 0.6) is 0 Å². The Morgan fingerprint density at radius 3 is 2.84 bits per heavy atom. The number of likely N-dealkylation sites (tertiary alicyclic amines) is 1. The highest BCUT2D eigenvalue weighted by Crippen LogP contribution is 2.12. The molecule has 1 saturated heterocycles. The Hall–Kier alpha value is -2.25. The molecule has 1 aromatic heterocycles. The number of nitrogens with zero attached hydrogens (tertiary/aromatic N) is 4. The molecule has 2 rings (SSSR count). The molecule has 0 bridgehead atoms. The van der Waals surface area contributed by atoms with Gasteiger partial charge in [-0.15, -0.1) is 0 Å². The van der Waals surface area contributed by atoms with Gasteiger partial charge in [-0.3, -0.25) is 9.67 Å². The molecule has 25 heavy (non-hydrogen) atoms. The smallest absolute Gasteiger partial charge is 0.407 e. The van der Waals surface area contributed by atoms with Crippen LogP contribution in [0.4, 0.5) is 4.79 Å². The monoisotopic (exact) mass is 350 g/mol. The zero-order valence-corrected chi connectivity index (χ0v) is 15.9. The summed E-state index contributed by atoms with van der Waals surface area (Å²) in [5, 5.41) is 10.5. The van der Waals surface area contributed by atoms with Crippen LogP contribution < -0.4 is 10.6 Å². The number of aryl methyl sites for hydroxylation is 1. The van der Waals surface area contributed by atoms with Gasteiger partial charge in [0.05, 0.1) is 12.2 Å². The van der Waals surface area contributed by atoms with Gasteiger partial charge in [0, 0.05) is 39.9 Å². The van der Waals surface area contributed by atoms with Gasteiger partial charge in [-0.25, -0.2) is 4.79 Å². The predicted octanol–water partition coefficient (Wildman–Crippen LogP) is 1.14. The normalized spacial score (nSPS) is 18.4. The van der Waals surface area contributed by atoms with E-state index in [2.05, 4.69) is 25.6 Å². The maximum atomic E-state index is 11.9. The van der Waals surface area contributed by atoms with Crippen LogP contribution in [0.25, 0.3) is 0 Å². The number of carbonyl (C=O) groups is 1. The van der Waals surface area contributed by atoms with Gasteiger partial charge in [0.15, 0.2) is 5.96 Å². The molecule has 2 N–H and O–H groups in total. The predicted molar refractivity (Wildman–Crippen MR) is 97.6 cm³/mol. The molecule has 1 aliphatic rings. The number of alkyl carbamates (subject to hydrolysis) is 1. The molecule has 1 fully saturated rings. The van der Waals surface area contributed by atoms with Gasteiger partial charge in [-0.05, 0) is 39.2 Å². The number of hydrogen-bond donors (Lipinski definition) is 2. The average molecular weight is 350 g/mol. The van der Waals surface area contributed by atoms with E-state index in [1.807, 2.05) is 40.2 Å². The molecule has 0 saturated carbocycles. The molecule has 1 aromatic rings. The summed E-state index contributed by atoms with van der Waals surface area (Å²) in [6, 6.07) is 0.0757. The standard InChI is InChI=1S/C17H30N6O2/c1-17(2,3)25-16(24)21-14-7-9-23(12-14)15(18-4)19-8-6-13-10-20-22(5)11-13/h10-11,14H,6-9,12H2,1-5H3,(H,18,19)(H,21,24). The van der Waals surface area contributed by atoms with Crippen LogP contribution in [0.15, 0.2) is 17.4 Å². The number of hydrogen-bond acceptors (Lipinski definition) is 4. The number of aliphatic imine (C=N–C) groups is 1. The third-order valence-corrected chi connectivity index (χ3v) is 3.88. The molecule has 1 atom stereocenters. The Morgan fingerprint density at radius 1 is 1.48 bits per heavy atom. The molecule has 8 heteroatoms. The molecule has 1 aliphatic heterocycles. The van der Waals surface area contributed by atoms with E-state index in [0.29, 0.717) is 0 Å². The first-order chi connectivity index (χ1) is 11.8. The first-order valence-electron chi connectivity index (χ1n) is 8.69. The summed E-state index contributed by atoms with van der Waals surface area (Å²) in [5.74, 6) is 0.859. The van der Waals surface area contributed by atoms with Crippen LogP contribution in [0.3, 0.4) is 0 Å².